The Morgan fingerprint density at radius 2 is 2.29 bits per heavy atom. The lowest BCUT2D eigenvalue weighted by atomic mass is 10.1. The lowest BCUT2D eigenvalue weighted by molar-refractivity contribution is 0.0692. The number of nitrogens with one attached hydrogen (secondary N) is 1. The van der Waals surface area contributed by atoms with E-state index in [2.05, 4.69) is 12.2 Å². The fourth-order valence-corrected chi connectivity index (χ4v) is 2.72. The number of rotatable bonds is 6. The standard InChI is InChI=1S/C16H24N2O2.ClH/c1-3-9-18(15-7-8-17-11-15)16(19)14-6-4-5-13(10-14)12-20-2;/h4-6,10,15,17H,3,7-9,11-12H2,1-2H3;1H. The number of hydrogen-bond acceptors (Lipinski definition) is 3. The summed E-state index contributed by atoms with van der Waals surface area (Å²) in [5.74, 6) is 0.138. The minimum absolute atomic E-state index is 0. The summed E-state index contributed by atoms with van der Waals surface area (Å²) >= 11 is 0. The summed E-state index contributed by atoms with van der Waals surface area (Å²) < 4.78 is 5.14. The third-order valence-corrected chi connectivity index (χ3v) is 3.69. The number of carbonyl (C=O) groups excluding carboxylic acids is 1. The topological polar surface area (TPSA) is 41.6 Å². The summed E-state index contributed by atoms with van der Waals surface area (Å²) in [6, 6.07) is 8.08. The molecule has 1 atom stereocenters. The second kappa shape index (κ2) is 9.03. The third kappa shape index (κ3) is 4.70. The molecule has 1 heterocycles. The van der Waals surface area contributed by atoms with Gasteiger partial charge in [0.15, 0.2) is 0 Å². The number of ether oxygens (including phenoxy) is 1. The molecule has 1 fully saturated rings. The van der Waals surface area contributed by atoms with Gasteiger partial charge < -0.3 is 15.0 Å². The smallest absolute Gasteiger partial charge is 0.254 e. The van der Waals surface area contributed by atoms with E-state index in [1.165, 1.54) is 0 Å². The molecule has 0 radical (unpaired) electrons. The van der Waals surface area contributed by atoms with E-state index < -0.39 is 0 Å². The van der Waals surface area contributed by atoms with E-state index in [1.807, 2.05) is 29.2 Å². The molecule has 1 aliphatic rings. The predicted molar refractivity (Wildman–Crippen MR) is 87.0 cm³/mol. The van der Waals surface area contributed by atoms with Crippen LogP contribution in [0.4, 0.5) is 0 Å². The van der Waals surface area contributed by atoms with Crippen molar-refractivity contribution in [2.24, 2.45) is 0 Å². The first-order valence-corrected chi connectivity index (χ1v) is 7.35. The molecule has 4 nitrogen and oxygen atoms in total. The molecule has 2 rings (SSSR count). The summed E-state index contributed by atoms with van der Waals surface area (Å²) in [4.78, 5) is 14.8. The van der Waals surface area contributed by atoms with E-state index >= 15 is 0 Å². The van der Waals surface area contributed by atoms with Gasteiger partial charge in [-0.1, -0.05) is 19.1 Å². The maximum Gasteiger partial charge on any atom is 0.254 e. The molecular formula is C16H25ClN2O2. The lowest BCUT2D eigenvalue weighted by Gasteiger charge is -2.28. The molecule has 1 saturated heterocycles. The largest absolute Gasteiger partial charge is 0.380 e. The molecule has 0 bridgehead atoms. The number of benzene rings is 1. The highest BCUT2D eigenvalue weighted by Gasteiger charge is 2.26. The average molecular weight is 313 g/mol. The monoisotopic (exact) mass is 312 g/mol. The van der Waals surface area contributed by atoms with Gasteiger partial charge >= 0.3 is 0 Å². The first-order valence-electron chi connectivity index (χ1n) is 7.35. The molecule has 118 valence electrons. The van der Waals surface area contributed by atoms with E-state index in [1.54, 1.807) is 7.11 Å². The van der Waals surface area contributed by atoms with Crippen molar-refractivity contribution in [3.8, 4) is 0 Å². The van der Waals surface area contributed by atoms with Crippen molar-refractivity contribution in [2.75, 3.05) is 26.7 Å². The van der Waals surface area contributed by atoms with Crippen LogP contribution in [0.25, 0.3) is 0 Å². The normalized spacial score (nSPS) is 17.3. The van der Waals surface area contributed by atoms with Crippen molar-refractivity contribution >= 4 is 18.3 Å². The van der Waals surface area contributed by atoms with Gasteiger partial charge in [0.2, 0.25) is 0 Å². The molecule has 21 heavy (non-hydrogen) atoms. The molecule has 1 aromatic rings. The Balaban J connectivity index is 0.00000220. The zero-order valence-electron chi connectivity index (χ0n) is 12.8. The van der Waals surface area contributed by atoms with Crippen LogP contribution in [0.15, 0.2) is 24.3 Å². The van der Waals surface area contributed by atoms with Crippen LogP contribution < -0.4 is 5.32 Å². The summed E-state index contributed by atoms with van der Waals surface area (Å²) in [5, 5.41) is 3.34. The fourth-order valence-electron chi connectivity index (χ4n) is 2.72. The molecule has 0 saturated carbocycles. The van der Waals surface area contributed by atoms with Crippen molar-refractivity contribution in [1.29, 1.82) is 0 Å². The maximum atomic E-state index is 12.7. The van der Waals surface area contributed by atoms with Crippen LogP contribution in [-0.4, -0.2) is 43.6 Å². The highest BCUT2D eigenvalue weighted by Crippen LogP contribution is 2.15. The predicted octanol–water partition coefficient (Wildman–Crippen LogP) is 2.47. The van der Waals surface area contributed by atoms with E-state index in [0.29, 0.717) is 12.6 Å². The number of halogens is 1. The van der Waals surface area contributed by atoms with Crippen LogP contribution in [0, 0.1) is 0 Å². The van der Waals surface area contributed by atoms with Crippen LogP contribution in [0.1, 0.15) is 35.7 Å². The van der Waals surface area contributed by atoms with E-state index in [9.17, 15) is 4.79 Å². The van der Waals surface area contributed by atoms with Crippen LogP contribution >= 0.6 is 12.4 Å². The quantitative estimate of drug-likeness (QED) is 0.877. The molecule has 0 aliphatic carbocycles. The molecular weight excluding hydrogens is 288 g/mol. The lowest BCUT2D eigenvalue weighted by Crippen LogP contribution is -2.42. The molecule has 1 unspecified atom stereocenters. The molecule has 1 N–H and O–H groups in total. The number of nitrogens with zero attached hydrogens (tertiary/aromatic N) is 1. The number of methoxy groups -OCH3 is 1. The first-order chi connectivity index (χ1) is 9.76. The second-order valence-corrected chi connectivity index (χ2v) is 5.28. The Hall–Kier alpha value is -1.10. The zero-order chi connectivity index (χ0) is 14.4. The SMILES string of the molecule is CCCN(C(=O)c1cccc(COC)c1)C1CCNC1.Cl. The van der Waals surface area contributed by atoms with Gasteiger partial charge in [0, 0.05) is 31.8 Å². The van der Waals surface area contributed by atoms with Crippen LogP contribution in [0.2, 0.25) is 0 Å². The highest BCUT2D eigenvalue weighted by atomic mass is 35.5. The molecule has 5 heteroatoms. The van der Waals surface area contributed by atoms with E-state index in [0.717, 1.165) is 43.6 Å². The summed E-state index contributed by atoms with van der Waals surface area (Å²) in [5.41, 5.74) is 1.80. The van der Waals surface area contributed by atoms with Crippen molar-refractivity contribution < 1.29 is 9.53 Å². The summed E-state index contributed by atoms with van der Waals surface area (Å²) in [7, 11) is 1.67. The Bertz CT molecular complexity index is 448. The van der Waals surface area contributed by atoms with Crippen molar-refractivity contribution in [1.82, 2.24) is 10.2 Å². The van der Waals surface area contributed by atoms with Crippen LogP contribution in [0.3, 0.4) is 0 Å². The Kier molecular flexibility index (Phi) is 7.72. The minimum atomic E-state index is 0. The molecule has 1 aromatic carbocycles. The molecule has 1 aliphatic heterocycles. The Morgan fingerprint density at radius 3 is 2.90 bits per heavy atom. The highest BCUT2D eigenvalue weighted by molar-refractivity contribution is 5.94. The minimum Gasteiger partial charge on any atom is -0.380 e. The van der Waals surface area contributed by atoms with Crippen molar-refractivity contribution in [3.05, 3.63) is 35.4 Å². The summed E-state index contributed by atoms with van der Waals surface area (Å²) in [6.07, 6.45) is 2.03. The summed E-state index contributed by atoms with van der Waals surface area (Å²) in [6.45, 7) is 5.38. The first kappa shape index (κ1) is 18.0. The van der Waals surface area contributed by atoms with Gasteiger partial charge in [-0.15, -0.1) is 12.4 Å². The van der Waals surface area contributed by atoms with E-state index in [-0.39, 0.29) is 18.3 Å². The van der Waals surface area contributed by atoms with Crippen LogP contribution in [0.5, 0.6) is 0 Å². The van der Waals surface area contributed by atoms with Gasteiger partial charge in [0.25, 0.3) is 5.91 Å². The van der Waals surface area contributed by atoms with Crippen molar-refractivity contribution in [2.45, 2.75) is 32.4 Å². The van der Waals surface area contributed by atoms with Gasteiger partial charge in [-0.05, 0) is 37.1 Å². The van der Waals surface area contributed by atoms with Crippen LogP contribution in [-0.2, 0) is 11.3 Å². The zero-order valence-corrected chi connectivity index (χ0v) is 13.6. The van der Waals surface area contributed by atoms with Gasteiger partial charge in [0.05, 0.1) is 6.61 Å². The number of amides is 1. The Labute approximate surface area is 133 Å². The molecule has 0 aromatic heterocycles. The van der Waals surface area contributed by atoms with Gasteiger partial charge in [-0.2, -0.15) is 0 Å². The fraction of sp³-hybridized carbons (Fsp3) is 0.562. The number of carbonyl (C=O) groups is 1. The third-order valence-electron chi connectivity index (χ3n) is 3.69. The van der Waals surface area contributed by atoms with E-state index in [4.69, 9.17) is 4.74 Å². The van der Waals surface area contributed by atoms with Crippen molar-refractivity contribution in [3.63, 3.8) is 0 Å². The average Bonchev–Trinajstić information content (AvgIpc) is 2.98. The Morgan fingerprint density at radius 1 is 1.48 bits per heavy atom. The second-order valence-electron chi connectivity index (χ2n) is 5.28. The van der Waals surface area contributed by atoms with Gasteiger partial charge in [-0.25, -0.2) is 0 Å². The molecule has 0 spiro atoms. The molecule has 1 amide bonds. The van der Waals surface area contributed by atoms with Gasteiger partial charge in [-0.3, -0.25) is 4.79 Å². The maximum absolute atomic E-state index is 12.7. The van der Waals surface area contributed by atoms with Gasteiger partial charge in [0.1, 0.15) is 0 Å². The number of hydrogen-bond donors (Lipinski definition) is 1.